The van der Waals surface area contributed by atoms with Crippen molar-refractivity contribution < 1.29 is 9.90 Å². The molecule has 5 nitrogen and oxygen atoms in total. The molecule has 3 N–H and O–H groups in total. The van der Waals surface area contributed by atoms with E-state index in [2.05, 4.69) is 15.6 Å². The van der Waals surface area contributed by atoms with Crippen molar-refractivity contribution in [3.8, 4) is 0 Å². The maximum absolute atomic E-state index is 11.6. The molecule has 0 aromatic carbocycles. The molecular weight excluding hydrogens is 230 g/mol. The number of carbonyl (C=O) groups is 1. The molecule has 0 aliphatic carbocycles. The van der Waals surface area contributed by atoms with Crippen LogP contribution in [0.5, 0.6) is 0 Å². The van der Waals surface area contributed by atoms with Gasteiger partial charge in [0.05, 0.1) is 5.60 Å². The lowest BCUT2D eigenvalue weighted by Crippen LogP contribution is -2.32. The van der Waals surface area contributed by atoms with Gasteiger partial charge < -0.3 is 15.7 Å². The Kier molecular flexibility index (Phi) is 5.09. The van der Waals surface area contributed by atoms with Crippen LogP contribution in [0, 0.1) is 0 Å². The van der Waals surface area contributed by atoms with E-state index < -0.39 is 5.60 Å². The fourth-order valence-electron chi connectivity index (χ4n) is 1.33. The van der Waals surface area contributed by atoms with Crippen LogP contribution in [0.2, 0.25) is 0 Å². The topological polar surface area (TPSA) is 74.2 Å². The third-order valence-electron chi connectivity index (χ3n) is 2.76. The van der Waals surface area contributed by atoms with Gasteiger partial charge in [-0.1, -0.05) is 6.92 Å². The molecule has 0 aliphatic rings. The Balaban J connectivity index is 2.68. The van der Waals surface area contributed by atoms with Crippen LogP contribution in [0.4, 0.5) is 5.69 Å². The van der Waals surface area contributed by atoms with Gasteiger partial charge in [-0.2, -0.15) is 0 Å². The number of amides is 1. The maximum Gasteiger partial charge on any atom is 0.269 e. The number of hydrogen-bond donors (Lipinski definition) is 3. The number of aromatic nitrogens is 1. The van der Waals surface area contributed by atoms with Gasteiger partial charge in [0.1, 0.15) is 5.69 Å². The molecule has 1 aromatic heterocycles. The van der Waals surface area contributed by atoms with E-state index in [9.17, 15) is 9.90 Å². The lowest BCUT2D eigenvalue weighted by molar-refractivity contribution is 0.0697. The molecule has 1 atom stereocenters. The van der Waals surface area contributed by atoms with E-state index in [1.165, 1.54) is 0 Å². The zero-order valence-corrected chi connectivity index (χ0v) is 11.2. The Morgan fingerprint density at radius 3 is 2.83 bits per heavy atom. The van der Waals surface area contributed by atoms with Crippen LogP contribution in [-0.2, 0) is 0 Å². The molecule has 1 unspecified atom stereocenters. The first kappa shape index (κ1) is 14.4. The second-order valence-electron chi connectivity index (χ2n) is 4.49. The van der Waals surface area contributed by atoms with Gasteiger partial charge in [0, 0.05) is 25.0 Å². The Morgan fingerprint density at radius 2 is 2.22 bits per heavy atom. The molecule has 1 rings (SSSR count). The molecular formula is C13H21N3O2. The third-order valence-corrected chi connectivity index (χ3v) is 2.76. The summed E-state index contributed by atoms with van der Waals surface area (Å²) in [6.07, 6.45) is 2.24. The van der Waals surface area contributed by atoms with Crippen molar-refractivity contribution in [2.75, 3.05) is 18.4 Å². The first-order chi connectivity index (χ1) is 8.48. The molecule has 5 heteroatoms. The van der Waals surface area contributed by atoms with Gasteiger partial charge in [0.2, 0.25) is 0 Å². The van der Waals surface area contributed by atoms with E-state index in [0.29, 0.717) is 25.2 Å². The van der Waals surface area contributed by atoms with Crippen molar-refractivity contribution >= 4 is 11.6 Å². The first-order valence-electron chi connectivity index (χ1n) is 6.19. The molecule has 0 radical (unpaired) electrons. The molecule has 0 saturated heterocycles. The Morgan fingerprint density at radius 1 is 1.50 bits per heavy atom. The number of carbonyl (C=O) groups excluding carboxylic acids is 1. The van der Waals surface area contributed by atoms with Crippen LogP contribution in [0.25, 0.3) is 0 Å². The van der Waals surface area contributed by atoms with Gasteiger partial charge in [-0.15, -0.1) is 0 Å². The van der Waals surface area contributed by atoms with Crippen LogP contribution in [-0.4, -0.2) is 34.7 Å². The van der Waals surface area contributed by atoms with Crippen LogP contribution in [0.15, 0.2) is 18.3 Å². The molecule has 1 heterocycles. The molecule has 100 valence electrons. The molecule has 0 fully saturated rings. The van der Waals surface area contributed by atoms with E-state index in [0.717, 1.165) is 5.69 Å². The van der Waals surface area contributed by atoms with Crippen LogP contribution < -0.4 is 10.6 Å². The van der Waals surface area contributed by atoms with Crippen molar-refractivity contribution in [3.63, 3.8) is 0 Å². The Labute approximate surface area is 108 Å². The minimum Gasteiger partial charge on any atom is -0.388 e. The Hall–Kier alpha value is -1.62. The standard InChI is InChI=1S/C13H21N3O2/c1-4-13(3,18)9-16-10-6-7-15-11(8-10)12(17)14-5-2/h6-8,18H,4-5,9H2,1-3H3,(H,14,17)(H,15,16). The fourth-order valence-corrected chi connectivity index (χ4v) is 1.33. The predicted octanol–water partition coefficient (Wildman–Crippen LogP) is 1.40. The number of aliphatic hydroxyl groups is 1. The smallest absolute Gasteiger partial charge is 0.269 e. The molecule has 1 aromatic rings. The van der Waals surface area contributed by atoms with E-state index in [1.807, 2.05) is 13.8 Å². The largest absolute Gasteiger partial charge is 0.388 e. The van der Waals surface area contributed by atoms with Crippen molar-refractivity contribution in [3.05, 3.63) is 24.0 Å². The van der Waals surface area contributed by atoms with Crippen molar-refractivity contribution in [1.29, 1.82) is 0 Å². The summed E-state index contributed by atoms with van der Waals surface area (Å²) < 4.78 is 0. The summed E-state index contributed by atoms with van der Waals surface area (Å²) >= 11 is 0. The number of anilines is 1. The van der Waals surface area contributed by atoms with E-state index in [4.69, 9.17) is 0 Å². The number of rotatable bonds is 6. The van der Waals surface area contributed by atoms with Gasteiger partial charge in [-0.05, 0) is 32.4 Å². The SMILES string of the molecule is CCNC(=O)c1cc(NCC(C)(O)CC)ccn1. The Bertz CT molecular complexity index is 405. The van der Waals surface area contributed by atoms with E-state index >= 15 is 0 Å². The second kappa shape index (κ2) is 6.35. The number of hydrogen-bond acceptors (Lipinski definition) is 4. The van der Waals surface area contributed by atoms with Crippen molar-refractivity contribution in [1.82, 2.24) is 10.3 Å². The van der Waals surface area contributed by atoms with Gasteiger partial charge in [-0.3, -0.25) is 9.78 Å². The summed E-state index contributed by atoms with van der Waals surface area (Å²) in [5.74, 6) is -0.191. The zero-order chi connectivity index (χ0) is 13.6. The van der Waals surface area contributed by atoms with Crippen LogP contribution in [0.3, 0.4) is 0 Å². The number of nitrogens with zero attached hydrogens (tertiary/aromatic N) is 1. The first-order valence-corrected chi connectivity index (χ1v) is 6.19. The minimum atomic E-state index is -0.755. The molecule has 0 bridgehead atoms. The molecule has 0 saturated carbocycles. The monoisotopic (exact) mass is 251 g/mol. The quantitative estimate of drug-likeness (QED) is 0.714. The summed E-state index contributed by atoms with van der Waals surface area (Å²) in [5, 5.41) is 15.7. The third kappa shape index (κ3) is 4.33. The highest BCUT2D eigenvalue weighted by Gasteiger charge is 2.17. The highest BCUT2D eigenvalue weighted by molar-refractivity contribution is 5.93. The van der Waals surface area contributed by atoms with E-state index in [-0.39, 0.29) is 5.91 Å². The fraction of sp³-hybridized carbons (Fsp3) is 0.538. The predicted molar refractivity (Wildman–Crippen MR) is 71.6 cm³/mol. The van der Waals surface area contributed by atoms with Gasteiger partial charge in [-0.25, -0.2) is 0 Å². The average Bonchev–Trinajstić information content (AvgIpc) is 2.37. The zero-order valence-electron chi connectivity index (χ0n) is 11.2. The van der Waals surface area contributed by atoms with Gasteiger partial charge >= 0.3 is 0 Å². The normalized spacial score (nSPS) is 13.8. The second-order valence-corrected chi connectivity index (χ2v) is 4.49. The summed E-state index contributed by atoms with van der Waals surface area (Å²) in [6, 6.07) is 3.45. The summed E-state index contributed by atoms with van der Waals surface area (Å²) in [6.45, 7) is 6.56. The summed E-state index contributed by atoms with van der Waals surface area (Å²) in [5.41, 5.74) is 0.396. The van der Waals surface area contributed by atoms with Crippen LogP contribution in [0.1, 0.15) is 37.7 Å². The molecule has 0 spiro atoms. The summed E-state index contributed by atoms with van der Waals surface area (Å²) in [4.78, 5) is 15.6. The average molecular weight is 251 g/mol. The highest BCUT2D eigenvalue weighted by Crippen LogP contribution is 2.12. The lowest BCUT2D eigenvalue weighted by atomic mass is 10.0. The molecule has 0 aliphatic heterocycles. The van der Waals surface area contributed by atoms with E-state index in [1.54, 1.807) is 25.3 Å². The van der Waals surface area contributed by atoms with Gasteiger partial charge in [0.25, 0.3) is 5.91 Å². The number of nitrogens with one attached hydrogen (secondary N) is 2. The van der Waals surface area contributed by atoms with Crippen molar-refractivity contribution in [2.24, 2.45) is 0 Å². The number of pyridine rings is 1. The summed E-state index contributed by atoms with van der Waals surface area (Å²) in [7, 11) is 0. The van der Waals surface area contributed by atoms with Gasteiger partial charge in [0.15, 0.2) is 0 Å². The lowest BCUT2D eigenvalue weighted by Gasteiger charge is -2.22. The molecule has 1 amide bonds. The molecule has 18 heavy (non-hydrogen) atoms. The highest BCUT2D eigenvalue weighted by atomic mass is 16.3. The maximum atomic E-state index is 11.6. The minimum absolute atomic E-state index is 0.191. The van der Waals surface area contributed by atoms with Crippen LogP contribution >= 0.6 is 0 Å². The van der Waals surface area contributed by atoms with Crippen molar-refractivity contribution in [2.45, 2.75) is 32.8 Å².